The lowest BCUT2D eigenvalue weighted by atomic mass is 9.95. The van der Waals surface area contributed by atoms with Crippen LogP contribution in [0.1, 0.15) is 187 Å². The molecule has 1 aliphatic carbocycles. The molecule has 0 aromatic rings. The van der Waals surface area contributed by atoms with E-state index in [0.29, 0.717) is 0 Å². The summed E-state index contributed by atoms with van der Waals surface area (Å²) in [5.41, 5.74) is 0. The van der Waals surface area contributed by atoms with Crippen molar-refractivity contribution in [3.8, 4) is 0 Å². The zero-order valence-electron chi connectivity index (χ0n) is 23.5. The highest BCUT2D eigenvalue weighted by molar-refractivity contribution is 4.74. The Morgan fingerprint density at radius 1 is 0.394 bits per heavy atom. The van der Waals surface area contributed by atoms with E-state index in [1.807, 2.05) is 0 Å². The molecule has 0 N–H and O–H groups in total. The minimum atomic E-state index is 0.905. The molecule has 33 heavy (non-hydrogen) atoms. The normalized spacial score (nSPS) is 15.7. The molecular weight excluding hydrogens is 398 g/mol. The van der Waals surface area contributed by atoms with Gasteiger partial charge in [0.15, 0.2) is 0 Å². The van der Waals surface area contributed by atoms with Crippen LogP contribution in [0.2, 0.25) is 0 Å². The van der Waals surface area contributed by atoms with Crippen molar-refractivity contribution in [2.24, 2.45) is 0 Å². The van der Waals surface area contributed by atoms with E-state index in [0.717, 1.165) is 6.04 Å². The SMILES string of the molecule is CCCCCCCCCCCCN(CCCCCCCCCCCC)C1CCCCCCC1. The smallest absolute Gasteiger partial charge is 0.00952 e. The van der Waals surface area contributed by atoms with E-state index >= 15 is 0 Å². The first-order chi connectivity index (χ1) is 16.4. The molecule has 0 radical (unpaired) electrons. The highest BCUT2D eigenvalue weighted by atomic mass is 15.1. The quantitative estimate of drug-likeness (QED) is 0.136. The summed E-state index contributed by atoms with van der Waals surface area (Å²) in [6, 6.07) is 0.905. The van der Waals surface area contributed by atoms with Crippen molar-refractivity contribution in [3.05, 3.63) is 0 Å². The van der Waals surface area contributed by atoms with Gasteiger partial charge in [-0.3, -0.25) is 0 Å². The first-order valence-corrected chi connectivity index (χ1v) is 16.1. The average molecular weight is 464 g/mol. The summed E-state index contributed by atoms with van der Waals surface area (Å²) in [6.07, 6.45) is 39.6. The number of unbranched alkanes of at least 4 members (excludes halogenated alkanes) is 18. The fraction of sp³-hybridized carbons (Fsp3) is 1.00. The molecule has 0 atom stereocenters. The van der Waals surface area contributed by atoms with Crippen LogP contribution in [0.4, 0.5) is 0 Å². The number of hydrogen-bond acceptors (Lipinski definition) is 1. The van der Waals surface area contributed by atoms with Crippen molar-refractivity contribution in [1.29, 1.82) is 0 Å². The highest BCUT2D eigenvalue weighted by Crippen LogP contribution is 2.23. The third-order valence-corrected chi connectivity index (χ3v) is 8.19. The number of nitrogens with zero attached hydrogens (tertiary/aromatic N) is 1. The first-order valence-electron chi connectivity index (χ1n) is 16.1. The van der Waals surface area contributed by atoms with Crippen LogP contribution in [-0.2, 0) is 0 Å². The molecule has 1 saturated carbocycles. The van der Waals surface area contributed by atoms with E-state index in [4.69, 9.17) is 0 Å². The highest BCUT2D eigenvalue weighted by Gasteiger charge is 2.18. The second kappa shape index (κ2) is 25.1. The van der Waals surface area contributed by atoms with Crippen LogP contribution >= 0.6 is 0 Å². The molecule has 1 fully saturated rings. The molecule has 198 valence electrons. The fourth-order valence-corrected chi connectivity index (χ4v) is 5.88. The van der Waals surface area contributed by atoms with Crippen LogP contribution < -0.4 is 0 Å². The van der Waals surface area contributed by atoms with Crippen molar-refractivity contribution in [1.82, 2.24) is 4.90 Å². The van der Waals surface area contributed by atoms with E-state index < -0.39 is 0 Å². The third-order valence-electron chi connectivity index (χ3n) is 8.19. The molecule has 0 aliphatic heterocycles. The summed E-state index contributed by atoms with van der Waals surface area (Å²) in [7, 11) is 0. The summed E-state index contributed by atoms with van der Waals surface area (Å²) in [5, 5.41) is 0. The molecule has 1 heteroatoms. The van der Waals surface area contributed by atoms with E-state index in [1.54, 1.807) is 0 Å². The Morgan fingerprint density at radius 2 is 0.697 bits per heavy atom. The molecule has 0 spiro atoms. The van der Waals surface area contributed by atoms with Gasteiger partial charge in [-0.05, 0) is 38.8 Å². The Bertz CT molecular complexity index is 334. The van der Waals surface area contributed by atoms with Crippen molar-refractivity contribution in [3.63, 3.8) is 0 Å². The van der Waals surface area contributed by atoms with Crippen molar-refractivity contribution in [2.75, 3.05) is 13.1 Å². The van der Waals surface area contributed by atoms with Crippen LogP contribution in [0.3, 0.4) is 0 Å². The first kappa shape index (κ1) is 31.0. The standard InChI is InChI=1S/C32H65N/c1-3-5-7-9-11-13-15-17-22-26-30-33(32-28-24-20-19-21-25-29-32)31-27-23-18-16-14-12-10-8-6-4-2/h32H,3-31H2,1-2H3. The lowest BCUT2D eigenvalue weighted by molar-refractivity contribution is 0.159. The predicted octanol–water partition coefficient (Wildman–Crippen LogP) is 11.2. The van der Waals surface area contributed by atoms with Crippen LogP contribution in [0.25, 0.3) is 0 Å². The van der Waals surface area contributed by atoms with Gasteiger partial charge in [-0.15, -0.1) is 0 Å². The summed E-state index contributed by atoms with van der Waals surface area (Å²) < 4.78 is 0. The molecule has 1 nitrogen and oxygen atoms in total. The minimum absolute atomic E-state index is 0.905. The van der Waals surface area contributed by atoms with Crippen LogP contribution in [0, 0.1) is 0 Å². The van der Waals surface area contributed by atoms with Crippen molar-refractivity contribution >= 4 is 0 Å². The maximum atomic E-state index is 2.96. The van der Waals surface area contributed by atoms with E-state index in [2.05, 4.69) is 18.7 Å². The lowest BCUT2D eigenvalue weighted by Gasteiger charge is -2.33. The second-order valence-corrected chi connectivity index (χ2v) is 11.4. The van der Waals surface area contributed by atoms with Gasteiger partial charge >= 0.3 is 0 Å². The molecule has 0 saturated heterocycles. The topological polar surface area (TPSA) is 3.24 Å². The lowest BCUT2D eigenvalue weighted by Crippen LogP contribution is -2.37. The van der Waals surface area contributed by atoms with Gasteiger partial charge < -0.3 is 4.90 Å². The van der Waals surface area contributed by atoms with Gasteiger partial charge in [-0.1, -0.05) is 162 Å². The monoisotopic (exact) mass is 464 g/mol. The number of hydrogen-bond donors (Lipinski definition) is 0. The van der Waals surface area contributed by atoms with E-state index in [9.17, 15) is 0 Å². The Hall–Kier alpha value is -0.0400. The van der Waals surface area contributed by atoms with Gasteiger partial charge in [-0.25, -0.2) is 0 Å². The summed E-state index contributed by atoms with van der Waals surface area (Å²) in [6.45, 7) is 7.41. The predicted molar refractivity (Wildman–Crippen MR) is 151 cm³/mol. The minimum Gasteiger partial charge on any atom is -0.300 e. The Kier molecular flexibility index (Phi) is 23.5. The molecule has 0 aromatic carbocycles. The molecule has 0 unspecified atom stereocenters. The van der Waals surface area contributed by atoms with Crippen molar-refractivity contribution < 1.29 is 0 Å². The van der Waals surface area contributed by atoms with Gasteiger partial charge in [0.25, 0.3) is 0 Å². The average Bonchev–Trinajstić information content (AvgIpc) is 2.80. The molecule has 1 aliphatic rings. The third kappa shape index (κ3) is 19.9. The zero-order chi connectivity index (χ0) is 23.7. The van der Waals surface area contributed by atoms with Gasteiger partial charge in [0.2, 0.25) is 0 Å². The molecule has 0 aromatic heterocycles. The number of rotatable bonds is 23. The van der Waals surface area contributed by atoms with Crippen molar-refractivity contribution in [2.45, 2.75) is 193 Å². The molecule has 1 rings (SSSR count). The molecular formula is C32H65N. The molecule has 0 heterocycles. The molecule has 0 amide bonds. The molecule has 0 bridgehead atoms. The fourth-order valence-electron chi connectivity index (χ4n) is 5.88. The van der Waals surface area contributed by atoms with Gasteiger partial charge in [0.1, 0.15) is 0 Å². The van der Waals surface area contributed by atoms with E-state index in [-0.39, 0.29) is 0 Å². The van der Waals surface area contributed by atoms with Gasteiger partial charge in [-0.2, -0.15) is 0 Å². The van der Waals surface area contributed by atoms with Crippen LogP contribution in [0.5, 0.6) is 0 Å². The Labute approximate surface area is 211 Å². The largest absolute Gasteiger partial charge is 0.300 e. The Balaban J connectivity index is 2.16. The summed E-state index contributed by atoms with van der Waals surface area (Å²) >= 11 is 0. The second-order valence-electron chi connectivity index (χ2n) is 11.4. The maximum Gasteiger partial charge on any atom is 0.00952 e. The van der Waals surface area contributed by atoms with Crippen LogP contribution in [-0.4, -0.2) is 24.0 Å². The van der Waals surface area contributed by atoms with Gasteiger partial charge in [0, 0.05) is 6.04 Å². The summed E-state index contributed by atoms with van der Waals surface area (Å²) in [5.74, 6) is 0. The van der Waals surface area contributed by atoms with Gasteiger partial charge in [0.05, 0.1) is 0 Å². The Morgan fingerprint density at radius 3 is 1.06 bits per heavy atom. The zero-order valence-corrected chi connectivity index (χ0v) is 23.5. The van der Waals surface area contributed by atoms with Crippen LogP contribution in [0.15, 0.2) is 0 Å². The summed E-state index contributed by atoms with van der Waals surface area (Å²) in [4.78, 5) is 2.96. The maximum absolute atomic E-state index is 2.96. The van der Waals surface area contributed by atoms with E-state index in [1.165, 1.54) is 186 Å².